The lowest BCUT2D eigenvalue weighted by Gasteiger charge is -2.19. The number of rotatable bonds is 6. The van der Waals surface area contributed by atoms with Crippen LogP contribution >= 0.6 is 11.3 Å². The highest BCUT2D eigenvalue weighted by molar-refractivity contribution is 7.09. The van der Waals surface area contributed by atoms with Crippen molar-refractivity contribution >= 4 is 23.2 Å². The van der Waals surface area contributed by atoms with Crippen LogP contribution < -0.4 is 5.32 Å². The predicted octanol–water partition coefficient (Wildman–Crippen LogP) is 3.14. The molecule has 0 saturated carbocycles. The maximum atomic E-state index is 12.6. The van der Waals surface area contributed by atoms with Crippen molar-refractivity contribution in [3.8, 4) is 0 Å². The summed E-state index contributed by atoms with van der Waals surface area (Å²) in [5, 5.41) is 4.84. The second kappa shape index (κ2) is 7.66. The number of ether oxygens (including phenoxy) is 1. The molecule has 0 saturated heterocycles. The maximum Gasteiger partial charge on any atom is 0.328 e. The molecule has 0 aliphatic heterocycles. The van der Waals surface area contributed by atoms with Crippen molar-refractivity contribution in [1.82, 2.24) is 9.88 Å². The first kappa shape index (κ1) is 18.3. The highest BCUT2D eigenvalue weighted by Gasteiger charge is 2.27. The number of amides is 1. The molecule has 0 aromatic carbocycles. The van der Waals surface area contributed by atoms with E-state index in [0.29, 0.717) is 5.56 Å². The van der Waals surface area contributed by atoms with Crippen molar-refractivity contribution in [3.05, 3.63) is 45.4 Å². The molecule has 0 fully saturated rings. The summed E-state index contributed by atoms with van der Waals surface area (Å²) in [6, 6.07) is 5.32. The van der Waals surface area contributed by atoms with Crippen molar-refractivity contribution < 1.29 is 14.3 Å². The summed E-state index contributed by atoms with van der Waals surface area (Å²) in [5.74, 6) is -0.716. The Morgan fingerprint density at radius 3 is 2.58 bits per heavy atom. The second-order valence-electron chi connectivity index (χ2n) is 6.17. The number of hydrogen-bond donors (Lipinski definition) is 1. The summed E-state index contributed by atoms with van der Waals surface area (Å²) in [6.07, 6.45) is 0. The van der Waals surface area contributed by atoms with Crippen LogP contribution in [-0.4, -0.2) is 29.6 Å². The summed E-state index contributed by atoms with van der Waals surface area (Å²) in [5.41, 5.74) is 2.51. The van der Waals surface area contributed by atoms with E-state index in [1.54, 1.807) is 11.3 Å². The first-order valence-electron chi connectivity index (χ1n) is 7.93. The Kier molecular flexibility index (Phi) is 5.83. The van der Waals surface area contributed by atoms with Crippen molar-refractivity contribution in [2.45, 2.75) is 40.3 Å². The zero-order valence-corrected chi connectivity index (χ0v) is 15.6. The number of methoxy groups -OCH3 is 1. The van der Waals surface area contributed by atoms with Gasteiger partial charge in [-0.05, 0) is 37.3 Å². The van der Waals surface area contributed by atoms with Gasteiger partial charge in [0, 0.05) is 16.3 Å². The molecular weight excluding hydrogens is 324 g/mol. The Balaban J connectivity index is 2.22. The number of thiophene rings is 1. The summed E-state index contributed by atoms with van der Waals surface area (Å²) in [4.78, 5) is 25.7. The molecule has 130 valence electrons. The van der Waals surface area contributed by atoms with E-state index in [1.807, 2.05) is 45.2 Å². The lowest BCUT2D eigenvalue weighted by Crippen LogP contribution is -2.45. The zero-order valence-electron chi connectivity index (χ0n) is 14.8. The van der Waals surface area contributed by atoms with E-state index in [-0.39, 0.29) is 11.8 Å². The Morgan fingerprint density at radius 1 is 1.33 bits per heavy atom. The molecule has 1 amide bonds. The Morgan fingerprint density at radius 2 is 2.04 bits per heavy atom. The third-order valence-electron chi connectivity index (χ3n) is 4.12. The van der Waals surface area contributed by atoms with Gasteiger partial charge in [0.05, 0.1) is 19.2 Å². The lowest BCUT2D eigenvalue weighted by molar-refractivity contribution is -0.144. The Labute approximate surface area is 146 Å². The van der Waals surface area contributed by atoms with Crippen molar-refractivity contribution in [2.75, 3.05) is 7.11 Å². The van der Waals surface area contributed by atoms with E-state index < -0.39 is 12.0 Å². The maximum absolute atomic E-state index is 12.6. The summed E-state index contributed by atoms with van der Waals surface area (Å²) in [6.45, 7) is 8.41. The van der Waals surface area contributed by atoms with Gasteiger partial charge in [0.25, 0.3) is 5.91 Å². The SMILES string of the molecule is COC(=O)C(NC(=O)c1cc(C)n(Cc2cccs2)c1C)C(C)C. The molecule has 0 aliphatic rings. The van der Waals surface area contributed by atoms with E-state index >= 15 is 0 Å². The molecule has 1 N–H and O–H groups in total. The first-order chi connectivity index (χ1) is 11.3. The number of aromatic nitrogens is 1. The molecular formula is C18H24N2O3S. The van der Waals surface area contributed by atoms with Crippen molar-refractivity contribution in [1.29, 1.82) is 0 Å². The molecule has 2 aromatic rings. The predicted molar refractivity (Wildman–Crippen MR) is 95.4 cm³/mol. The van der Waals surface area contributed by atoms with Gasteiger partial charge < -0.3 is 14.6 Å². The quantitative estimate of drug-likeness (QED) is 0.816. The van der Waals surface area contributed by atoms with Crippen molar-refractivity contribution in [3.63, 3.8) is 0 Å². The summed E-state index contributed by atoms with van der Waals surface area (Å²) in [7, 11) is 1.33. The molecule has 0 aliphatic carbocycles. The highest BCUT2D eigenvalue weighted by atomic mass is 32.1. The lowest BCUT2D eigenvalue weighted by atomic mass is 10.0. The van der Waals surface area contributed by atoms with Gasteiger partial charge in [-0.2, -0.15) is 0 Å². The van der Waals surface area contributed by atoms with E-state index in [4.69, 9.17) is 4.74 Å². The van der Waals surface area contributed by atoms with Crippen LogP contribution in [0.4, 0.5) is 0 Å². The fourth-order valence-corrected chi connectivity index (χ4v) is 3.37. The average Bonchev–Trinajstić information content (AvgIpc) is 3.15. The molecule has 0 radical (unpaired) electrons. The highest BCUT2D eigenvalue weighted by Crippen LogP contribution is 2.19. The van der Waals surface area contributed by atoms with Gasteiger partial charge >= 0.3 is 5.97 Å². The van der Waals surface area contributed by atoms with E-state index in [1.165, 1.54) is 12.0 Å². The average molecular weight is 348 g/mol. The third kappa shape index (κ3) is 3.87. The fraction of sp³-hybridized carbons (Fsp3) is 0.444. The van der Waals surface area contributed by atoms with E-state index in [2.05, 4.69) is 16.0 Å². The number of aryl methyl sites for hydroxylation is 1. The molecule has 6 heteroatoms. The molecule has 0 bridgehead atoms. The van der Waals surface area contributed by atoms with Gasteiger partial charge in [-0.15, -0.1) is 11.3 Å². The minimum absolute atomic E-state index is 0.0454. The van der Waals surface area contributed by atoms with Gasteiger partial charge in [-0.1, -0.05) is 19.9 Å². The molecule has 24 heavy (non-hydrogen) atoms. The number of carbonyl (C=O) groups is 2. The smallest absolute Gasteiger partial charge is 0.328 e. The first-order valence-corrected chi connectivity index (χ1v) is 8.81. The standard InChI is InChI=1S/C18H24N2O3S/c1-11(2)16(18(22)23-5)19-17(21)15-9-12(3)20(13(15)4)10-14-7-6-8-24-14/h6-9,11,16H,10H2,1-5H3,(H,19,21). The Bertz CT molecular complexity index is 717. The molecule has 1 unspecified atom stereocenters. The van der Waals surface area contributed by atoms with Crippen LogP contribution in [0.2, 0.25) is 0 Å². The molecule has 5 nitrogen and oxygen atoms in total. The van der Waals surface area contributed by atoms with Gasteiger partial charge in [0.2, 0.25) is 0 Å². The second-order valence-corrected chi connectivity index (χ2v) is 7.20. The van der Waals surface area contributed by atoms with Gasteiger partial charge in [0.15, 0.2) is 0 Å². The monoisotopic (exact) mass is 348 g/mol. The Hall–Kier alpha value is -2.08. The van der Waals surface area contributed by atoms with Crippen LogP contribution in [0.3, 0.4) is 0 Å². The number of hydrogen-bond acceptors (Lipinski definition) is 4. The van der Waals surface area contributed by atoms with E-state index in [9.17, 15) is 9.59 Å². The van der Waals surface area contributed by atoms with Crippen LogP contribution in [0, 0.1) is 19.8 Å². The van der Waals surface area contributed by atoms with Gasteiger partial charge in [0.1, 0.15) is 6.04 Å². The van der Waals surface area contributed by atoms with Crippen LogP contribution in [0.25, 0.3) is 0 Å². The number of nitrogens with one attached hydrogen (secondary N) is 1. The molecule has 2 rings (SSSR count). The minimum Gasteiger partial charge on any atom is -0.467 e. The number of nitrogens with zero attached hydrogens (tertiary/aromatic N) is 1. The van der Waals surface area contributed by atoms with Crippen LogP contribution in [0.1, 0.15) is 40.5 Å². The zero-order chi connectivity index (χ0) is 17.9. The number of carbonyl (C=O) groups excluding carboxylic acids is 2. The number of esters is 1. The molecule has 2 aromatic heterocycles. The van der Waals surface area contributed by atoms with Crippen LogP contribution in [0.15, 0.2) is 23.6 Å². The van der Waals surface area contributed by atoms with Gasteiger partial charge in [-0.3, -0.25) is 4.79 Å². The molecule has 1 atom stereocenters. The van der Waals surface area contributed by atoms with Crippen molar-refractivity contribution in [2.24, 2.45) is 5.92 Å². The normalized spacial score (nSPS) is 12.2. The topological polar surface area (TPSA) is 60.3 Å². The summed E-state index contributed by atoms with van der Waals surface area (Å²) < 4.78 is 6.90. The molecule has 2 heterocycles. The minimum atomic E-state index is -0.650. The van der Waals surface area contributed by atoms with Gasteiger partial charge in [-0.25, -0.2) is 4.79 Å². The fourth-order valence-electron chi connectivity index (χ4n) is 2.68. The third-order valence-corrected chi connectivity index (χ3v) is 4.98. The van der Waals surface area contributed by atoms with E-state index in [0.717, 1.165) is 17.9 Å². The van der Waals surface area contributed by atoms with Crippen LogP contribution in [-0.2, 0) is 16.1 Å². The largest absolute Gasteiger partial charge is 0.467 e. The summed E-state index contributed by atoms with van der Waals surface area (Å²) >= 11 is 1.69. The van der Waals surface area contributed by atoms with Crippen LogP contribution in [0.5, 0.6) is 0 Å². The molecule has 0 spiro atoms.